The zero-order valence-electron chi connectivity index (χ0n) is 7.76. The fraction of sp³-hybridized carbons (Fsp3) is 0.778. The molecule has 0 aromatic heterocycles. The van der Waals surface area contributed by atoms with Crippen molar-refractivity contribution in [1.29, 1.82) is 5.26 Å². The van der Waals surface area contributed by atoms with Gasteiger partial charge in [0.2, 0.25) is 5.91 Å². The van der Waals surface area contributed by atoms with E-state index in [0.717, 1.165) is 19.3 Å². The molecule has 0 aromatic rings. The molecular weight excluding hydrogens is 152 g/mol. The van der Waals surface area contributed by atoms with Crippen molar-refractivity contribution in [1.82, 2.24) is 5.32 Å². The number of nitrogens with one attached hydrogen (secondary N) is 1. The van der Waals surface area contributed by atoms with E-state index in [1.54, 1.807) is 0 Å². The Morgan fingerprint density at radius 1 is 1.50 bits per heavy atom. The van der Waals surface area contributed by atoms with Gasteiger partial charge in [-0.2, -0.15) is 5.26 Å². The van der Waals surface area contributed by atoms with Crippen LogP contribution in [0, 0.1) is 11.3 Å². The van der Waals surface area contributed by atoms with Crippen LogP contribution >= 0.6 is 0 Å². The first-order valence-corrected chi connectivity index (χ1v) is 4.43. The summed E-state index contributed by atoms with van der Waals surface area (Å²) in [6.07, 6.45) is 3.01. The standard InChI is InChI=1S/C9H16N2O/c1-3-5-8(7-10)11-9(12)6-4-2/h8H,3-6H2,1-2H3,(H,11,12). The first kappa shape index (κ1) is 11.0. The molecule has 1 atom stereocenters. The average molecular weight is 168 g/mol. The van der Waals surface area contributed by atoms with Crippen molar-refractivity contribution >= 4 is 5.91 Å². The SMILES string of the molecule is CCCC(=O)NC(C#N)CCC. The van der Waals surface area contributed by atoms with Crippen molar-refractivity contribution in [3.05, 3.63) is 0 Å². The van der Waals surface area contributed by atoms with Gasteiger partial charge < -0.3 is 5.32 Å². The van der Waals surface area contributed by atoms with Gasteiger partial charge in [0.05, 0.1) is 6.07 Å². The van der Waals surface area contributed by atoms with Crippen molar-refractivity contribution in [2.75, 3.05) is 0 Å². The van der Waals surface area contributed by atoms with Gasteiger partial charge in [-0.05, 0) is 12.8 Å². The zero-order chi connectivity index (χ0) is 9.40. The molecule has 0 rings (SSSR count). The third-order valence-corrected chi connectivity index (χ3v) is 1.55. The molecule has 0 spiro atoms. The molecular formula is C9H16N2O. The number of carbonyl (C=O) groups excluding carboxylic acids is 1. The molecule has 0 saturated heterocycles. The van der Waals surface area contributed by atoms with E-state index in [9.17, 15) is 4.79 Å². The van der Waals surface area contributed by atoms with Crippen molar-refractivity contribution in [2.45, 2.75) is 45.6 Å². The second-order valence-electron chi connectivity index (χ2n) is 2.79. The normalized spacial score (nSPS) is 11.8. The van der Waals surface area contributed by atoms with E-state index in [4.69, 9.17) is 5.26 Å². The van der Waals surface area contributed by atoms with Crippen molar-refractivity contribution < 1.29 is 4.79 Å². The Balaban J connectivity index is 3.71. The van der Waals surface area contributed by atoms with Crippen LogP contribution in [0.4, 0.5) is 0 Å². The summed E-state index contributed by atoms with van der Waals surface area (Å²) in [5, 5.41) is 11.3. The number of nitriles is 1. The van der Waals surface area contributed by atoms with Crippen LogP contribution in [0.25, 0.3) is 0 Å². The summed E-state index contributed by atoms with van der Waals surface area (Å²) in [6, 6.07) is 1.76. The van der Waals surface area contributed by atoms with Crippen LogP contribution in [0.15, 0.2) is 0 Å². The maximum Gasteiger partial charge on any atom is 0.221 e. The van der Waals surface area contributed by atoms with E-state index in [-0.39, 0.29) is 11.9 Å². The van der Waals surface area contributed by atoms with E-state index in [0.29, 0.717) is 6.42 Å². The molecule has 1 unspecified atom stereocenters. The summed E-state index contributed by atoms with van der Waals surface area (Å²) in [5.41, 5.74) is 0. The van der Waals surface area contributed by atoms with E-state index in [1.165, 1.54) is 0 Å². The first-order chi connectivity index (χ1) is 5.74. The van der Waals surface area contributed by atoms with Crippen LogP contribution in [0.1, 0.15) is 39.5 Å². The van der Waals surface area contributed by atoms with E-state index in [1.807, 2.05) is 13.8 Å². The maximum absolute atomic E-state index is 11.0. The molecule has 3 heteroatoms. The number of hydrogen-bond acceptors (Lipinski definition) is 2. The van der Waals surface area contributed by atoms with Crippen molar-refractivity contribution in [2.24, 2.45) is 0 Å². The Labute approximate surface area is 73.8 Å². The molecule has 0 fully saturated rings. The number of hydrogen-bond donors (Lipinski definition) is 1. The predicted octanol–water partition coefficient (Wildman–Crippen LogP) is 1.59. The molecule has 0 aliphatic rings. The summed E-state index contributed by atoms with van der Waals surface area (Å²) in [7, 11) is 0. The largest absolute Gasteiger partial charge is 0.340 e. The van der Waals surface area contributed by atoms with E-state index in [2.05, 4.69) is 11.4 Å². The predicted molar refractivity (Wildman–Crippen MR) is 47.4 cm³/mol. The highest BCUT2D eigenvalue weighted by atomic mass is 16.1. The summed E-state index contributed by atoms with van der Waals surface area (Å²) in [6.45, 7) is 3.94. The highest BCUT2D eigenvalue weighted by Gasteiger charge is 2.08. The second-order valence-corrected chi connectivity index (χ2v) is 2.79. The average Bonchev–Trinajstić information content (AvgIpc) is 2.04. The van der Waals surface area contributed by atoms with Gasteiger partial charge in [-0.15, -0.1) is 0 Å². The lowest BCUT2D eigenvalue weighted by Gasteiger charge is -2.09. The van der Waals surface area contributed by atoms with Crippen molar-refractivity contribution in [3.63, 3.8) is 0 Å². The monoisotopic (exact) mass is 168 g/mol. The van der Waals surface area contributed by atoms with Crippen LogP contribution in [0.3, 0.4) is 0 Å². The minimum Gasteiger partial charge on any atom is -0.340 e. The Bertz CT molecular complexity index is 172. The molecule has 0 bridgehead atoms. The van der Waals surface area contributed by atoms with Gasteiger partial charge in [0.1, 0.15) is 6.04 Å². The topological polar surface area (TPSA) is 52.9 Å². The molecule has 1 N–H and O–H groups in total. The van der Waals surface area contributed by atoms with Crippen LogP contribution < -0.4 is 5.32 Å². The van der Waals surface area contributed by atoms with Crippen LogP contribution in [0.5, 0.6) is 0 Å². The summed E-state index contributed by atoms with van der Waals surface area (Å²) >= 11 is 0. The molecule has 0 aromatic carbocycles. The van der Waals surface area contributed by atoms with Gasteiger partial charge in [-0.3, -0.25) is 4.79 Å². The number of rotatable bonds is 5. The Morgan fingerprint density at radius 3 is 2.58 bits per heavy atom. The Kier molecular flexibility index (Phi) is 6.08. The van der Waals surface area contributed by atoms with Gasteiger partial charge in [-0.1, -0.05) is 20.3 Å². The van der Waals surface area contributed by atoms with E-state index >= 15 is 0 Å². The lowest BCUT2D eigenvalue weighted by molar-refractivity contribution is -0.121. The molecule has 68 valence electrons. The lowest BCUT2D eigenvalue weighted by Crippen LogP contribution is -2.33. The number of amides is 1. The quantitative estimate of drug-likeness (QED) is 0.677. The molecule has 0 radical (unpaired) electrons. The molecule has 12 heavy (non-hydrogen) atoms. The van der Waals surface area contributed by atoms with Crippen molar-refractivity contribution in [3.8, 4) is 6.07 Å². The molecule has 0 aliphatic heterocycles. The van der Waals surface area contributed by atoms with Gasteiger partial charge >= 0.3 is 0 Å². The zero-order valence-corrected chi connectivity index (χ0v) is 7.76. The summed E-state index contributed by atoms with van der Waals surface area (Å²) in [4.78, 5) is 11.0. The Hall–Kier alpha value is -1.04. The Morgan fingerprint density at radius 2 is 2.17 bits per heavy atom. The smallest absolute Gasteiger partial charge is 0.221 e. The van der Waals surface area contributed by atoms with Crippen LogP contribution in [-0.4, -0.2) is 11.9 Å². The minimum atomic E-state index is -0.297. The van der Waals surface area contributed by atoms with Crippen LogP contribution in [0.2, 0.25) is 0 Å². The van der Waals surface area contributed by atoms with Gasteiger partial charge in [0.15, 0.2) is 0 Å². The van der Waals surface area contributed by atoms with Crippen LogP contribution in [-0.2, 0) is 4.79 Å². The van der Waals surface area contributed by atoms with E-state index < -0.39 is 0 Å². The minimum absolute atomic E-state index is 0.0162. The third kappa shape index (κ3) is 4.73. The van der Waals surface area contributed by atoms with Gasteiger partial charge in [-0.25, -0.2) is 0 Å². The molecule has 1 amide bonds. The van der Waals surface area contributed by atoms with Gasteiger partial charge in [0, 0.05) is 6.42 Å². The summed E-state index contributed by atoms with van der Waals surface area (Å²) in [5.74, 6) is -0.0162. The third-order valence-electron chi connectivity index (χ3n) is 1.55. The maximum atomic E-state index is 11.0. The summed E-state index contributed by atoms with van der Waals surface area (Å²) < 4.78 is 0. The highest BCUT2D eigenvalue weighted by Crippen LogP contribution is 1.96. The fourth-order valence-corrected chi connectivity index (χ4v) is 0.951. The fourth-order valence-electron chi connectivity index (χ4n) is 0.951. The number of nitrogens with zero attached hydrogens (tertiary/aromatic N) is 1. The molecule has 0 aliphatic carbocycles. The second kappa shape index (κ2) is 6.66. The molecule has 0 heterocycles. The molecule has 0 saturated carbocycles. The highest BCUT2D eigenvalue weighted by molar-refractivity contribution is 5.76. The number of carbonyl (C=O) groups is 1. The lowest BCUT2D eigenvalue weighted by atomic mass is 10.2. The van der Waals surface area contributed by atoms with Gasteiger partial charge in [0.25, 0.3) is 0 Å². The molecule has 3 nitrogen and oxygen atoms in total. The first-order valence-electron chi connectivity index (χ1n) is 4.43.